The van der Waals surface area contributed by atoms with Gasteiger partial charge in [0.05, 0.1) is 5.56 Å². The predicted octanol–water partition coefficient (Wildman–Crippen LogP) is 2.85. The number of aromatic nitrogens is 1. The standard InChI is InChI=1S/C15H21F3N4S2/c1-24-10-2-5-19-14(23)22-8-6-21(7-9-22)13-4-3-12(11-20-13)15(16,17)18/h3-4,11H,2,5-10H2,1H3,(H,19,23). The largest absolute Gasteiger partial charge is 0.417 e. The van der Waals surface area contributed by atoms with Crippen molar-refractivity contribution in [1.82, 2.24) is 15.2 Å². The van der Waals surface area contributed by atoms with Gasteiger partial charge in [0, 0.05) is 38.9 Å². The maximum Gasteiger partial charge on any atom is 0.417 e. The van der Waals surface area contributed by atoms with Gasteiger partial charge in [-0.1, -0.05) is 0 Å². The minimum Gasteiger partial charge on any atom is -0.363 e. The van der Waals surface area contributed by atoms with Crippen molar-refractivity contribution in [2.45, 2.75) is 12.6 Å². The van der Waals surface area contributed by atoms with E-state index in [1.54, 1.807) is 0 Å². The number of rotatable bonds is 5. The lowest BCUT2D eigenvalue weighted by molar-refractivity contribution is -0.137. The van der Waals surface area contributed by atoms with Crippen molar-refractivity contribution in [2.75, 3.05) is 49.6 Å². The number of thiocarbonyl (C=S) groups is 1. The summed E-state index contributed by atoms with van der Waals surface area (Å²) in [6.07, 6.45) is -0.318. The maximum absolute atomic E-state index is 12.6. The molecule has 0 unspecified atom stereocenters. The van der Waals surface area contributed by atoms with Crippen molar-refractivity contribution in [3.05, 3.63) is 23.9 Å². The van der Waals surface area contributed by atoms with Crippen LogP contribution >= 0.6 is 24.0 Å². The van der Waals surface area contributed by atoms with Crippen LogP contribution in [0.3, 0.4) is 0 Å². The smallest absolute Gasteiger partial charge is 0.363 e. The summed E-state index contributed by atoms with van der Waals surface area (Å²) in [6, 6.07) is 2.50. The zero-order valence-corrected chi connectivity index (χ0v) is 15.1. The lowest BCUT2D eigenvalue weighted by Gasteiger charge is -2.36. The molecule has 24 heavy (non-hydrogen) atoms. The molecule has 134 valence electrons. The SMILES string of the molecule is CSCCCNC(=S)N1CCN(c2ccc(C(F)(F)F)cn2)CC1. The first-order valence-corrected chi connectivity index (χ1v) is 9.52. The summed E-state index contributed by atoms with van der Waals surface area (Å²) >= 11 is 7.19. The molecule has 0 saturated carbocycles. The Morgan fingerprint density at radius 1 is 1.29 bits per heavy atom. The van der Waals surface area contributed by atoms with Gasteiger partial charge < -0.3 is 15.1 Å². The highest BCUT2D eigenvalue weighted by atomic mass is 32.2. The molecule has 0 aliphatic carbocycles. The van der Waals surface area contributed by atoms with E-state index in [-0.39, 0.29) is 0 Å². The Kier molecular flexibility index (Phi) is 6.97. The molecule has 1 fully saturated rings. The van der Waals surface area contributed by atoms with Gasteiger partial charge in [0.1, 0.15) is 5.82 Å². The molecular formula is C15H21F3N4S2. The molecule has 9 heteroatoms. The molecule has 0 radical (unpaired) electrons. The van der Waals surface area contributed by atoms with E-state index in [0.29, 0.717) is 18.9 Å². The summed E-state index contributed by atoms with van der Waals surface area (Å²) in [4.78, 5) is 8.02. The number of alkyl halides is 3. The summed E-state index contributed by atoms with van der Waals surface area (Å²) < 4.78 is 37.7. The molecule has 1 aromatic heterocycles. The van der Waals surface area contributed by atoms with Gasteiger partial charge in [0.15, 0.2) is 5.11 Å². The third-order valence-corrected chi connectivity index (χ3v) is 4.87. The molecule has 0 bridgehead atoms. The molecule has 4 nitrogen and oxygen atoms in total. The fraction of sp³-hybridized carbons (Fsp3) is 0.600. The Balaban J connectivity index is 1.81. The van der Waals surface area contributed by atoms with Gasteiger partial charge in [-0.2, -0.15) is 24.9 Å². The van der Waals surface area contributed by atoms with Crippen molar-refractivity contribution in [2.24, 2.45) is 0 Å². The van der Waals surface area contributed by atoms with E-state index < -0.39 is 11.7 Å². The van der Waals surface area contributed by atoms with Gasteiger partial charge in [0.2, 0.25) is 0 Å². The number of anilines is 1. The van der Waals surface area contributed by atoms with E-state index in [2.05, 4.69) is 21.5 Å². The van der Waals surface area contributed by atoms with Gasteiger partial charge >= 0.3 is 6.18 Å². The highest BCUT2D eigenvalue weighted by Gasteiger charge is 2.31. The first-order valence-electron chi connectivity index (χ1n) is 7.71. The molecule has 1 aliphatic heterocycles. The third kappa shape index (κ3) is 5.41. The van der Waals surface area contributed by atoms with Crippen LogP contribution in [0.15, 0.2) is 18.3 Å². The van der Waals surface area contributed by atoms with Gasteiger partial charge in [-0.05, 0) is 42.8 Å². The van der Waals surface area contributed by atoms with Crippen LogP contribution in [0, 0.1) is 0 Å². The zero-order chi connectivity index (χ0) is 17.6. The van der Waals surface area contributed by atoms with Crippen LogP contribution in [0.1, 0.15) is 12.0 Å². The molecule has 1 saturated heterocycles. The molecule has 0 spiro atoms. The van der Waals surface area contributed by atoms with Gasteiger partial charge in [-0.15, -0.1) is 0 Å². The van der Waals surface area contributed by atoms with Crippen LogP contribution in [0.5, 0.6) is 0 Å². The summed E-state index contributed by atoms with van der Waals surface area (Å²) in [6.45, 7) is 3.70. The van der Waals surface area contributed by atoms with E-state index in [1.165, 1.54) is 6.07 Å². The van der Waals surface area contributed by atoms with Gasteiger partial charge in [-0.3, -0.25) is 0 Å². The summed E-state index contributed by atoms with van der Waals surface area (Å²) in [5.41, 5.74) is -0.722. The number of pyridine rings is 1. The number of hydrogen-bond acceptors (Lipinski definition) is 4. The Morgan fingerprint density at radius 3 is 2.54 bits per heavy atom. The monoisotopic (exact) mass is 378 g/mol. The third-order valence-electron chi connectivity index (χ3n) is 3.77. The first-order chi connectivity index (χ1) is 11.4. The van der Waals surface area contributed by atoms with E-state index >= 15 is 0 Å². The van der Waals surface area contributed by atoms with E-state index in [0.717, 1.165) is 49.2 Å². The lowest BCUT2D eigenvalue weighted by atomic mass is 10.2. The normalized spacial score (nSPS) is 15.5. The predicted molar refractivity (Wildman–Crippen MR) is 96.6 cm³/mol. The quantitative estimate of drug-likeness (QED) is 0.627. The molecule has 0 aromatic carbocycles. The van der Waals surface area contributed by atoms with E-state index in [4.69, 9.17) is 12.2 Å². The Labute approximate surface area is 149 Å². The number of nitrogens with one attached hydrogen (secondary N) is 1. The second kappa shape index (κ2) is 8.75. The van der Waals surface area contributed by atoms with Crippen molar-refractivity contribution in [1.29, 1.82) is 0 Å². The number of piperazine rings is 1. The number of nitrogens with zero attached hydrogens (tertiary/aromatic N) is 3. The number of halogens is 3. The molecular weight excluding hydrogens is 357 g/mol. The minimum atomic E-state index is -4.35. The fourth-order valence-corrected chi connectivity index (χ4v) is 3.12. The molecule has 1 aliphatic rings. The molecule has 1 aromatic rings. The first kappa shape index (κ1) is 19.1. The zero-order valence-electron chi connectivity index (χ0n) is 13.5. The van der Waals surface area contributed by atoms with E-state index in [1.807, 2.05) is 16.7 Å². The van der Waals surface area contributed by atoms with Gasteiger partial charge in [0.25, 0.3) is 0 Å². The molecule has 0 amide bonds. The molecule has 0 atom stereocenters. The van der Waals surface area contributed by atoms with Gasteiger partial charge in [-0.25, -0.2) is 4.98 Å². The second-order valence-electron chi connectivity index (χ2n) is 5.46. The summed E-state index contributed by atoms with van der Waals surface area (Å²) in [5, 5.41) is 4.00. The average Bonchev–Trinajstić information content (AvgIpc) is 2.58. The molecule has 2 heterocycles. The Hall–Kier alpha value is -1.22. The van der Waals surface area contributed by atoms with Crippen LogP contribution in [0.4, 0.5) is 19.0 Å². The highest BCUT2D eigenvalue weighted by molar-refractivity contribution is 7.98. The summed E-state index contributed by atoms with van der Waals surface area (Å²) in [5.74, 6) is 1.67. The number of thioether (sulfide) groups is 1. The minimum absolute atomic E-state index is 0.571. The average molecular weight is 378 g/mol. The lowest BCUT2D eigenvalue weighted by Crippen LogP contribution is -2.52. The van der Waals surface area contributed by atoms with Crippen molar-refractivity contribution < 1.29 is 13.2 Å². The fourth-order valence-electron chi connectivity index (χ4n) is 2.40. The number of hydrogen-bond donors (Lipinski definition) is 1. The van der Waals surface area contributed by atoms with Crippen LogP contribution in [0.2, 0.25) is 0 Å². The Morgan fingerprint density at radius 2 is 2.00 bits per heavy atom. The maximum atomic E-state index is 12.6. The Bertz CT molecular complexity index is 529. The highest BCUT2D eigenvalue weighted by Crippen LogP contribution is 2.29. The summed E-state index contributed by atoms with van der Waals surface area (Å²) in [7, 11) is 0. The van der Waals surface area contributed by atoms with Crippen molar-refractivity contribution in [3.8, 4) is 0 Å². The van der Waals surface area contributed by atoms with E-state index in [9.17, 15) is 13.2 Å². The van der Waals surface area contributed by atoms with Crippen molar-refractivity contribution in [3.63, 3.8) is 0 Å². The van der Waals surface area contributed by atoms with Crippen LogP contribution < -0.4 is 10.2 Å². The van der Waals surface area contributed by atoms with Crippen LogP contribution in [-0.2, 0) is 6.18 Å². The van der Waals surface area contributed by atoms with Crippen LogP contribution in [0.25, 0.3) is 0 Å². The topological polar surface area (TPSA) is 31.4 Å². The molecule has 2 rings (SSSR count). The second-order valence-corrected chi connectivity index (χ2v) is 6.83. The van der Waals surface area contributed by atoms with Crippen LogP contribution in [-0.4, -0.2) is 59.7 Å². The van der Waals surface area contributed by atoms with Crippen molar-refractivity contribution >= 4 is 34.9 Å². The molecule has 1 N–H and O–H groups in total.